The Morgan fingerprint density at radius 3 is 2.81 bits per heavy atom. The minimum Gasteiger partial charge on any atom is -0.477 e. The van der Waals surface area contributed by atoms with Crippen molar-refractivity contribution in [2.24, 2.45) is 0 Å². The molecule has 6 nitrogen and oxygen atoms in total. The van der Waals surface area contributed by atoms with Crippen LogP contribution in [0.2, 0.25) is 5.02 Å². The molecule has 1 atom stereocenters. The number of carbonyl (C=O) groups is 1. The van der Waals surface area contributed by atoms with E-state index in [1.165, 1.54) is 6.20 Å². The Morgan fingerprint density at radius 1 is 1.44 bits per heavy atom. The number of aromatic carboxylic acids is 1. The molecule has 1 aliphatic carbocycles. The molecule has 1 unspecified atom stereocenters. The topological polar surface area (TPSA) is 74.6 Å². The summed E-state index contributed by atoms with van der Waals surface area (Å²) in [7, 11) is 0. The third kappa shape index (κ3) is 3.08. The zero-order chi connectivity index (χ0) is 19.3. The van der Waals surface area contributed by atoms with Crippen LogP contribution in [0.5, 0.6) is 0 Å². The van der Waals surface area contributed by atoms with E-state index in [2.05, 4.69) is 12.2 Å². The first-order valence-corrected chi connectivity index (χ1v) is 9.58. The highest BCUT2D eigenvalue weighted by Crippen LogP contribution is 2.42. The maximum Gasteiger partial charge on any atom is 0.341 e. The number of nitrogens with one attached hydrogen (secondary N) is 1. The first kappa shape index (κ1) is 18.3. The Kier molecular flexibility index (Phi) is 4.60. The molecular weight excluding hydrogens is 373 g/mol. The summed E-state index contributed by atoms with van der Waals surface area (Å²) in [6, 6.07) is 1.48. The van der Waals surface area contributed by atoms with Crippen molar-refractivity contribution in [1.29, 1.82) is 0 Å². The normalized spacial score (nSPS) is 20.3. The number of rotatable bonds is 4. The van der Waals surface area contributed by atoms with Gasteiger partial charge in [0.15, 0.2) is 0 Å². The molecule has 8 heteroatoms. The number of hydrogen-bond acceptors (Lipinski definition) is 4. The van der Waals surface area contributed by atoms with Crippen molar-refractivity contribution in [1.82, 2.24) is 9.88 Å². The largest absolute Gasteiger partial charge is 0.477 e. The van der Waals surface area contributed by atoms with E-state index in [4.69, 9.17) is 11.6 Å². The highest BCUT2D eigenvalue weighted by molar-refractivity contribution is 6.38. The first-order chi connectivity index (χ1) is 12.9. The molecule has 2 aliphatic rings. The number of fused-ring (bicyclic) bond motifs is 1. The molecule has 144 valence electrons. The minimum atomic E-state index is -1.32. The molecule has 1 saturated carbocycles. The summed E-state index contributed by atoms with van der Waals surface area (Å²) < 4.78 is 16.8. The van der Waals surface area contributed by atoms with Crippen molar-refractivity contribution < 1.29 is 14.3 Å². The van der Waals surface area contributed by atoms with Gasteiger partial charge in [-0.05, 0) is 25.3 Å². The first-order valence-electron chi connectivity index (χ1n) is 9.20. The summed E-state index contributed by atoms with van der Waals surface area (Å²) in [5.74, 6) is -1.91. The molecular formula is C19H21ClFN3O3. The van der Waals surface area contributed by atoms with Crippen LogP contribution in [0, 0.1) is 5.82 Å². The van der Waals surface area contributed by atoms with E-state index in [0.717, 1.165) is 31.9 Å². The number of halogens is 2. The average Bonchev–Trinajstić information content (AvgIpc) is 3.47. The fourth-order valence-electron chi connectivity index (χ4n) is 3.82. The van der Waals surface area contributed by atoms with Crippen LogP contribution >= 0.6 is 11.6 Å². The van der Waals surface area contributed by atoms with Crippen LogP contribution in [0.4, 0.5) is 10.1 Å². The molecule has 0 spiro atoms. The lowest BCUT2D eigenvalue weighted by Gasteiger charge is -2.35. The smallest absolute Gasteiger partial charge is 0.341 e. The molecule has 1 saturated heterocycles. The van der Waals surface area contributed by atoms with Gasteiger partial charge in [0.2, 0.25) is 5.43 Å². The average molecular weight is 394 g/mol. The highest BCUT2D eigenvalue weighted by Gasteiger charge is 2.31. The molecule has 1 aromatic carbocycles. The fourth-order valence-corrected chi connectivity index (χ4v) is 4.23. The Labute approximate surface area is 160 Å². The number of carboxylic acids is 1. The van der Waals surface area contributed by atoms with Crippen molar-refractivity contribution in [3.63, 3.8) is 0 Å². The summed E-state index contributed by atoms with van der Waals surface area (Å²) >= 11 is 6.64. The van der Waals surface area contributed by atoms with Crippen LogP contribution < -0.4 is 15.6 Å². The van der Waals surface area contributed by atoms with Crippen LogP contribution in [-0.4, -0.2) is 41.3 Å². The van der Waals surface area contributed by atoms with Crippen LogP contribution in [0.25, 0.3) is 10.9 Å². The number of nitrogens with zero attached hydrogens (tertiary/aromatic N) is 2. The van der Waals surface area contributed by atoms with Gasteiger partial charge in [-0.15, -0.1) is 0 Å². The van der Waals surface area contributed by atoms with Crippen LogP contribution in [-0.2, 0) is 0 Å². The molecule has 2 aromatic rings. The molecule has 1 aliphatic heterocycles. The van der Waals surface area contributed by atoms with Gasteiger partial charge in [-0.1, -0.05) is 18.5 Å². The van der Waals surface area contributed by atoms with Gasteiger partial charge >= 0.3 is 5.97 Å². The Hall–Kier alpha value is -2.12. The van der Waals surface area contributed by atoms with E-state index in [1.54, 1.807) is 4.57 Å². The van der Waals surface area contributed by atoms with Gasteiger partial charge in [0, 0.05) is 37.9 Å². The number of benzene rings is 1. The van der Waals surface area contributed by atoms with Crippen molar-refractivity contribution in [3.05, 3.63) is 38.9 Å². The van der Waals surface area contributed by atoms with Crippen molar-refractivity contribution in [3.8, 4) is 0 Å². The second-order valence-corrected chi connectivity index (χ2v) is 7.62. The third-order valence-electron chi connectivity index (χ3n) is 5.42. The molecule has 27 heavy (non-hydrogen) atoms. The van der Waals surface area contributed by atoms with Crippen molar-refractivity contribution >= 4 is 34.2 Å². The van der Waals surface area contributed by atoms with E-state index in [9.17, 15) is 14.7 Å². The van der Waals surface area contributed by atoms with Gasteiger partial charge in [-0.3, -0.25) is 4.79 Å². The molecule has 2 N–H and O–H groups in total. The number of carboxylic acid groups (broad SMARTS) is 1. The Balaban J connectivity index is 1.95. The SMILES string of the molecule is CCC1CN(c2c(F)cc3c(=O)c(C(=O)O)cn(C4CC4)c3c2Cl)CCN1. The number of hydrogen-bond donors (Lipinski definition) is 2. The monoisotopic (exact) mass is 393 g/mol. The summed E-state index contributed by atoms with van der Waals surface area (Å²) in [5.41, 5.74) is -0.336. The summed E-state index contributed by atoms with van der Waals surface area (Å²) in [4.78, 5) is 26.0. The maximum atomic E-state index is 15.0. The molecule has 0 bridgehead atoms. The Bertz CT molecular complexity index is 987. The minimum absolute atomic E-state index is 0.0234. The second-order valence-electron chi connectivity index (χ2n) is 7.24. The van der Waals surface area contributed by atoms with E-state index in [0.29, 0.717) is 24.3 Å². The molecule has 4 rings (SSSR count). The van der Waals surface area contributed by atoms with E-state index >= 15 is 4.39 Å². The standard InChI is InChI=1S/C19H21ClFN3O3/c1-2-10-8-23(6-5-22-10)17-14(21)7-12-16(15(17)20)24(11-3-4-11)9-13(18(12)25)19(26)27/h7,9-11,22H,2-6,8H2,1H3,(H,26,27). The Morgan fingerprint density at radius 2 is 2.19 bits per heavy atom. The summed E-state index contributed by atoms with van der Waals surface area (Å²) in [5, 5.41) is 12.9. The molecule has 0 amide bonds. The van der Waals surface area contributed by atoms with E-state index in [-0.39, 0.29) is 28.1 Å². The second kappa shape index (κ2) is 6.80. The lowest BCUT2D eigenvalue weighted by Crippen LogP contribution is -2.50. The quantitative estimate of drug-likeness (QED) is 0.835. The maximum absolute atomic E-state index is 15.0. The number of aromatic nitrogens is 1. The van der Waals surface area contributed by atoms with Gasteiger partial charge in [0.05, 0.1) is 21.6 Å². The number of anilines is 1. The van der Waals surface area contributed by atoms with Gasteiger partial charge in [0.25, 0.3) is 0 Å². The van der Waals surface area contributed by atoms with E-state index in [1.807, 2.05) is 4.90 Å². The number of piperazine rings is 1. The fraction of sp³-hybridized carbons (Fsp3) is 0.474. The molecule has 0 radical (unpaired) electrons. The molecule has 2 heterocycles. The van der Waals surface area contributed by atoms with Gasteiger partial charge in [-0.25, -0.2) is 9.18 Å². The van der Waals surface area contributed by atoms with Crippen molar-refractivity contribution in [2.45, 2.75) is 38.3 Å². The molecule has 1 aromatic heterocycles. The van der Waals surface area contributed by atoms with E-state index < -0.39 is 17.2 Å². The van der Waals surface area contributed by atoms with Crippen molar-refractivity contribution in [2.75, 3.05) is 24.5 Å². The van der Waals surface area contributed by atoms with Crippen LogP contribution in [0.3, 0.4) is 0 Å². The lowest BCUT2D eigenvalue weighted by atomic mass is 10.1. The zero-order valence-electron chi connectivity index (χ0n) is 15.0. The predicted molar refractivity (Wildman–Crippen MR) is 103 cm³/mol. The third-order valence-corrected chi connectivity index (χ3v) is 5.78. The summed E-state index contributed by atoms with van der Waals surface area (Å²) in [6.45, 7) is 4.02. The van der Waals surface area contributed by atoms with Gasteiger partial charge < -0.3 is 19.9 Å². The summed E-state index contributed by atoms with van der Waals surface area (Å²) in [6.07, 6.45) is 4.03. The van der Waals surface area contributed by atoms with Crippen LogP contribution in [0.1, 0.15) is 42.6 Å². The van der Waals surface area contributed by atoms with Gasteiger partial charge in [0.1, 0.15) is 11.4 Å². The highest BCUT2D eigenvalue weighted by atomic mass is 35.5. The number of pyridine rings is 1. The van der Waals surface area contributed by atoms with Crippen LogP contribution in [0.15, 0.2) is 17.1 Å². The molecule has 2 fully saturated rings. The van der Waals surface area contributed by atoms with Gasteiger partial charge in [-0.2, -0.15) is 0 Å². The zero-order valence-corrected chi connectivity index (χ0v) is 15.7. The predicted octanol–water partition coefficient (Wildman–Crippen LogP) is 3.02. The lowest BCUT2D eigenvalue weighted by molar-refractivity contribution is 0.0695.